The molecule has 0 atom stereocenters. The molecule has 0 radical (unpaired) electrons. The summed E-state index contributed by atoms with van der Waals surface area (Å²) in [5.74, 6) is 0. The van der Waals surface area contributed by atoms with Gasteiger partial charge < -0.3 is 40.8 Å². The third kappa shape index (κ3) is 17.3. The number of likely N-dealkylation sites (tertiary alicyclic amines) is 2. The van der Waals surface area contributed by atoms with E-state index in [9.17, 15) is 45.9 Å². The maximum absolute atomic E-state index is 12.5. The highest BCUT2D eigenvalue weighted by molar-refractivity contribution is 5.89. The second-order valence-corrected chi connectivity index (χ2v) is 14.5. The van der Waals surface area contributed by atoms with Gasteiger partial charge >= 0.3 is 36.6 Å². The minimum absolute atomic E-state index is 0.127. The number of halogens is 6. The highest BCUT2D eigenvalue weighted by Crippen LogP contribution is 2.30. The molecule has 300 valence electrons. The van der Waals surface area contributed by atoms with E-state index in [1.165, 1.54) is 12.1 Å². The Morgan fingerprint density at radius 3 is 1.48 bits per heavy atom. The van der Waals surface area contributed by atoms with Gasteiger partial charge in [0.15, 0.2) is 0 Å². The molecule has 2 aromatic rings. The van der Waals surface area contributed by atoms with Gasteiger partial charge in [0.1, 0.15) is 16.8 Å². The van der Waals surface area contributed by atoms with E-state index in [0.717, 1.165) is 62.3 Å². The first-order chi connectivity index (χ1) is 24.9. The van der Waals surface area contributed by atoms with E-state index in [4.69, 9.17) is 15.2 Å². The maximum Gasteiger partial charge on any atom is 0.416 e. The van der Waals surface area contributed by atoms with Crippen molar-refractivity contribution in [3.63, 3.8) is 0 Å². The van der Waals surface area contributed by atoms with Crippen LogP contribution in [0.2, 0.25) is 0 Å². The van der Waals surface area contributed by atoms with Crippen molar-refractivity contribution >= 4 is 23.9 Å². The van der Waals surface area contributed by atoms with Crippen LogP contribution in [0.3, 0.4) is 0 Å². The highest BCUT2D eigenvalue weighted by atomic mass is 19.4. The molecule has 0 saturated carbocycles. The summed E-state index contributed by atoms with van der Waals surface area (Å²) >= 11 is 0. The molecule has 0 aliphatic carbocycles. The number of hydrogen-bond acceptors (Lipinski definition) is 7. The number of urea groups is 1. The average molecular weight is 775 g/mol. The summed E-state index contributed by atoms with van der Waals surface area (Å²) < 4.78 is 84.2. The third-order valence-electron chi connectivity index (χ3n) is 7.53. The summed E-state index contributed by atoms with van der Waals surface area (Å²) in [6, 6.07) is 9.83. The highest BCUT2D eigenvalue weighted by Gasteiger charge is 2.31. The van der Waals surface area contributed by atoms with E-state index < -0.39 is 40.7 Å². The normalized spacial score (nSPS) is 15.6. The molecule has 2 aliphatic heterocycles. The van der Waals surface area contributed by atoms with Crippen LogP contribution < -0.4 is 16.4 Å². The fourth-order valence-corrected chi connectivity index (χ4v) is 4.82. The summed E-state index contributed by atoms with van der Waals surface area (Å²) in [4.78, 5) is 38.9. The van der Waals surface area contributed by atoms with Gasteiger partial charge in [0, 0.05) is 49.0 Å². The van der Waals surface area contributed by atoms with Crippen LogP contribution in [0.4, 0.5) is 46.4 Å². The summed E-state index contributed by atoms with van der Waals surface area (Å²) in [5, 5.41) is 17.3. The van der Waals surface area contributed by atoms with Gasteiger partial charge in [-0.25, -0.2) is 14.4 Å². The molecule has 4 N–H and O–H groups in total. The van der Waals surface area contributed by atoms with Crippen molar-refractivity contribution in [1.82, 2.24) is 15.1 Å². The first-order valence-corrected chi connectivity index (χ1v) is 17.1. The molecule has 4 rings (SSSR count). The topological polar surface area (TPSA) is 154 Å². The molecule has 2 fully saturated rings. The first kappa shape index (κ1) is 45.2. The summed E-state index contributed by atoms with van der Waals surface area (Å²) in [5.41, 5.74) is 3.74. The maximum atomic E-state index is 12.5. The quantitative estimate of drug-likeness (QED) is 0.204. The van der Waals surface area contributed by atoms with Gasteiger partial charge in [-0.3, -0.25) is 0 Å². The van der Waals surface area contributed by atoms with Crippen LogP contribution in [0.1, 0.15) is 83.9 Å². The van der Waals surface area contributed by atoms with Gasteiger partial charge in [0.05, 0.1) is 11.1 Å². The molecule has 0 unspecified atom stereocenters. The molecule has 12 nitrogen and oxygen atoms in total. The monoisotopic (exact) mass is 774 g/mol. The lowest BCUT2D eigenvalue weighted by atomic mass is 10.1. The lowest BCUT2D eigenvalue weighted by molar-refractivity contribution is -0.138. The zero-order valence-corrected chi connectivity index (χ0v) is 31.1. The molecule has 0 bridgehead atoms. The number of nitrogens with zero attached hydrogens (tertiary/aromatic N) is 3. The van der Waals surface area contributed by atoms with Gasteiger partial charge in [-0.2, -0.15) is 26.3 Å². The van der Waals surface area contributed by atoms with Crippen LogP contribution in [0.25, 0.3) is 5.01 Å². The fourth-order valence-electron chi connectivity index (χ4n) is 4.82. The molecule has 2 aromatic carbocycles. The van der Waals surface area contributed by atoms with Gasteiger partial charge in [-0.15, -0.1) is 0 Å². The Morgan fingerprint density at radius 2 is 1.11 bits per heavy atom. The molecule has 18 heteroatoms. The SMILES string of the molecule is CC(C)(C)OC(=O)N1CCC(N)CC1.CC(C)(C)OC(=O)N1CCC(NC(=O)Nc2ccc(C(F)(F)F)cc2)CC1.[O-][N+]#Cc1ccc(C(F)(F)F)cc1. The van der Waals surface area contributed by atoms with Crippen LogP contribution >= 0.6 is 0 Å². The number of amides is 4. The minimum Gasteiger partial charge on any atom is -0.498 e. The molecule has 54 heavy (non-hydrogen) atoms. The van der Waals surface area contributed by atoms with Crippen LogP contribution in [0.5, 0.6) is 0 Å². The third-order valence-corrected chi connectivity index (χ3v) is 7.53. The number of ether oxygens (including phenoxy) is 2. The number of rotatable bonds is 2. The second-order valence-electron chi connectivity index (χ2n) is 14.5. The average Bonchev–Trinajstić information content (AvgIpc) is 3.04. The largest absolute Gasteiger partial charge is 0.498 e. The van der Waals surface area contributed by atoms with Crippen molar-refractivity contribution in [1.29, 1.82) is 0 Å². The van der Waals surface area contributed by atoms with Gasteiger partial charge in [-0.05, 0) is 116 Å². The molecule has 0 spiro atoms. The van der Waals surface area contributed by atoms with E-state index in [-0.39, 0.29) is 35.5 Å². The van der Waals surface area contributed by atoms with E-state index in [1.807, 2.05) is 26.8 Å². The Kier molecular flexibility index (Phi) is 16.3. The molecule has 2 aliphatic rings. The zero-order valence-electron chi connectivity index (χ0n) is 31.1. The van der Waals surface area contributed by atoms with E-state index in [0.29, 0.717) is 25.9 Å². The predicted molar refractivity (Wildman–Crippen MR) is 191 cm³/mol. The fraction of sp³-hybridized carbons (Fsp3) is 0.556. The molecular formula is C36H48F6N6O6. The van der Waals surface area contributed by atoms with Crippen molar-refractivity contribution in [2.75, 3.05) is 31.5 Å². The van der Waals surface area contributed by atoms with Gasteiger partial charge in [-0.1, -0.05) is 0 Å². The smallest absolute Gasteiger partial charge is 0.416 e. The molecule has 2 heterocycles. The van der Waals surface area contributed by atoms with Crippen LogP contribution in [-0.2, 0) is 21.8 Å². The van der Waals surface area contributed by atoms with Gasteiger partial charge in [0.25, 0.3) is 0 Å². The number of hydrogen-bond donors (Lipinski definition) is 3. The first-order valence-electron chi connectivity index (χ1n) is 17.1. The molecule has 2 saturated heterocycles. The molecular weight excluding hydrogens is 726 g/mol. The number of alkyl halides is 6. The van der Waals surface area contributed by atoms with E-state index in [2.05, 4.69) is 15.6 Å². The molecule has 0 aromatic heterocycles. The number of anilines is 1. The number of carbonyl (C=O) groups excluding carboxylic acids is 3. The van der Waals surface area contributed by atoms with Crippen molar-refractivity contribution in [2.45, 2.75) is 103 Å². The number of piperidine rings is 2. The standard InChI is InChI=1S/C18H24F3N3O3.C10H20N2O2.C8H4F3NO/c1-17(2,3)27-16(26)24-10-8-14(9-11-24)23-15(25)22-13-6-4-12(5-7-13)18(19,20)21;1-10(2,3)14-9(13)12-6-4-8(11)5-7-12;9-8(10,11)7-3-1-6(2-4-7)5-12-13/h4-7,14H,8-11H2,1-3H3,(H2,22,23,25);8H,4-7,11H2,1-3H3;1-4H. The van der Waals surface area contributed by atoms with Crippen LogP contribution in [0, 0.1) is 11.3 Å². The van der Waals surface area contributed by atoms with Crippen molar-refractivity contribution in [2.24, 2.45) is 5.73 Å². The number of nitrogens with one attached hydrogen (secondary N) is 2. The number of nitrogens with two attached hydrogens (primary N) is 1. The Balaban J connectivity index is 0.000000312. The number of carbonyl (C=O) groups is 3. The van der Waals surface area contributed by atoms with E-state index >= 15 is 0 Å². The lowest BCUT2D eigenvalue weighted by Gasteiger charge is -2.33. The number of benzene rings is 2. The summed E-state index contributed by atoms with van der Waals surface area (Å²) in [7, 11) is 0. The van der Waals surface area contributed by atoms with Gasteiger partial charge in [0.2, 0.25) is 0 Å². The minimum atomic E-state index is -4.41. The predicted octanol–water partition coefficient (Wildman–Crippen LogP) is 8.46. The van der Waals surface area contributed by atoms with Crippen molar-refractivity contribution in [3.8, 4) is 6.07 Å². The Morgan fingerprint density at radius 1 is 0.722 bits per heavy atom. The Labute approximate surface area is 310 Å². The summed E-state index contributed by atoms with van der Waals surface area (Å²) in [6.07, 6.45) is -6.48. The Bertz CT molecular complexity index is 1560. The lowest BCUT2D eigenvalue weighted by Crippen LogP contribution is -2.48. The van der Waals surface area contributed by atoms with Crippen LogP contribution in [0.15, 0.2) is 48.5 Å². The summed E-state index contributed by atoms with van der Waals surface area (Å²) in [6.45, 7) is 13.4. The van der Waals surface area contributed by atoms with Crippen LogP contribution in [-0.4, -0.2) is 77.5 Å². The van der Waals surface area contributed by atoms with Crippen molar-refractivity contribution < 1.29 is 50.2 Å². The van der Waals surface area contributed by atoms with E-state index in [1.54, 1.807) is 30.6 Å². The zero-order chi connectivity index (χ0) is 40.9. The molecule has 4 amide bonds. The second kappa shape index (κ2) is 19.4. The van der Waals surface area contributed by atoms with Crippen molar-refractivity contribution in [3.05, 3.63) is 75.4 Å². The Hall–Kier alpha value is -4.92.